The van der Waals surface area contributed by atoms with Crippen LogP contribution in [-0.2, 0) is 9.53 Å². The molecule has 1 aliphatic rings. The van der Waals surface area contributed by atoms with E-state index < -0.39 is 12.1 Å². The van der Waals surface area contributed by atoms with Crippen LogP contribution >= 0.6 is 0 Å². The zero-order valence-electron chi connectivity index (χ0n) is 16.5. The van der Waals surface area contributed by atoms with E-state index >= 15 is 0 Å². The number of hydrogen-bond donors (Lipinski definition) is 1. The molecule has 0 saturated carbocycles. The third-order valence-corrected chi connectivity index (χ3v) is 4.77. The van der Waals surface area contributed by atoms with E-state index in [4.69, 9.17) is 14.2 Å². The number of para-hydroxylation sites is 1. The van der Waals surface area contributed by atoms with Gasteiger partial charge in [-0.15, -0.1) is 0 Å². The maximum atomic E-state index is 12.1. The normalized spacial score (nSPS) is 18.9. The lowest BCUT2D eigenvalue weighted by Crippen LogP contribution is -2.42. The summed E-state index contributed by atoms with van der Waals surface area (Å²) in [6, 6.07) is 14.8. The number of carbonyl (C=O) groups excluding carboxylic acids is 1. The number of methoxy groups -OCH3 is 2. The van der Waals surface area contributed by atoms with Crippen LogP contribution in [0.15, 0.2) is 48.5 Å². The molecule has 2 atom stereocenters. The van der Waals surface area contributed by atoms with Crippen molar-refractivity contribution < 1.29 is 19.0 Å². The molecule has 0 aliphatic carbocycles. The lowest BCUT2D eigenvalue weighted by molar-refractivity contribution is -0.138. The molecule has 0 radical (unpaired) electrons. The second-order valence-electron chi connectivity index (χ2n) is 6.66. The van der Waals surface area contributed by atoms with Crippen molar-refractivity contribution >= 4 is 5.91 Å². The van der Waals surface area contributed by atoms with Crippen molar-refractivity contribution in [2.24, 2.45) is 0 Å². The van der Waals surface area contributed by atoms with Crippen LogP contribution < -0.4 is 14.8 Å². The first-order chi connectivity index (χ1) is 14.1. The zero-order valence-corrected chi connectivity index (χ0v) is 16.5. The molecule has 0 spiro atoms. The molecule has 0 unspecified atom stereocenters. The van der Waals surface area contributed by atoms with Crippen LogP contribution in [0.2, 0.25) is 0 Å². The second kappa shape index (κ2) is 7.92. The van der Waals surface area contributed by atoms with E-state index in [0.717, 1.165) is 11.3 Å². The Morgan fingerprint density at radius 2 is 1.86 bits per heavy atom. The van der Waals surface area contributed by atoms with Crippen LogP contribution in [0.25, 0.3) is 5.69 Å². The van der Waals surface area contributed by atoms with Gasteiger partial charge in [-0.25, -0.2) is 9.67 Å². The molecule has 1 amide bonds. The first-order valence-electron chi connectivity index (χ1n) is 9.22. The van der Waals surface area contributed by atoms with Crippen LogP contribution in [0.5, 0.6) is 11.5 Å². The van der Waals surface area contributed by atoms with Crippen molar-refractivity contribution in [2.45, 2.75) is 19.1 Å². The molecule has 2 heterocycles. The van der Waals surface area contributed by atoms with Gasteiger partial charge in [-0.3, -0.25) is 4.79 Å². The minimum atomic E-state index is -0.521. The molecule has 3 aromatic rings. The molecule has 8 heteroatoms. The topological polar surface area (TPSA) is 87.5 Å². The Bertz CT molecular complexity index is 1020. The van der Waals surface area contributed by atoms with E-state index in [9.17, 15) is 4.79 Å². The van der Waals surface area contributed by atoms with Crippen LogP contribution in [0, 0.1) is 6.92 Å². The molecule has 1 aromatic heterocycles. The van der Waals surface area contributed by atoms with Crippen LogP contribution in [0.4, 0.5) is 0 Å². The van der Waals surface area contributed by atoms with Crippen molar-refractivity contribution in [1.82, 2.24) is 20.1 Å². The maximum Gasteiger partial charge on any atom is 0.246 e. The maximum absolute atomic E-state index is 12.1. The fourth-order valence-corrected chi connectivity index (χ4v) is 3.46. The summed E-state index contributed by atoms with van der Waals surface area (Å²) in [5.74, 6) is 2.23. The zero-order chi connectivity index (χ0) is 20.4. The van der Waals surface area contributed by atoms with Gasteiger partial charge in [-0.05, 0) is 36.8 Å². The second-order valence-corrected chi connectivity index (χ2v) is 6.66. The minimum absolute atomic E-state index is 0.0465. The van der Waals surface area contributed by atoms with Gasteiger partial charge in [0.15, 0.2) is 17.3 Å². The highest BCUT2D eigenvalue weighted by Crippen LogP contribution is 2.38. The minimum Gasteiger partial charge on any atom is -0.493 e. The van der Waals surface area contributed by atoms with Gasteiger partial charge in [-0.1, -0.05) is 24.3 Å². The summed E-state index contributed by atoms with van der Waals surface area (Å²) < 4.78 is 18.4. The summed E-state index contributed by atoms with van der Waals surface area (Å²) >= 11 is 0. The predicted molar refractivity (Wildman–Crippen MR) is 105 cm³/mol. The monoisotopic (exact) mass is 394 g/mol. The Hall–Kier alpha value is -3.39. The number of carbonyl (C=O) groups is 1. The van der Waals surface area contributed by atoms with Gasteiger partial charge in [0.1, 0.15) is 18.5 Å². The highest BCUT2D eigenvalue weighted by molar-refractivity contribution is 5.78. The number of benzene rings is 2. The third kappa shape index (κ3) is 3.66. The van der Waals surface area contributed by atoms with Gasteiger partial charge in [0.2, 0.25) is 5.91 Å². The quantitative estimate of drug-likeness (QED) is 0.716. The molecule has 8 nitrogen and oxygen atoms in total. The fraction of sp³-hybridized carbons (Fsp3) is 0.286. The Labute approximate surface area is 168 Å². The van der Waals surface area contributed by atoms with E-state index in [0.29, 0.717) is 23.1 Å². The predicted octanol–water partition coefficient (Wildman–Crippen LogP) is 2.52. The molecular formula is C21H22N4O4. The smallest absolute Gasteiger partial charge is 0.246 e. The van der Waals surface area contributed by atoms with Crippen molar-refractivity contribution in [3.8, 4) is 17.2 Å². The number of morpholine rings is 1. The van der Waals surface area contributed by atoms with Crippen LogP contribution in [0.3, 0.4) is 0 Å². The standard InChI is InChI=1S/C21H22N4O4/c1-13-22-21(25(24-13)15-7-5-4-6-8-15)20-19(23-18(26)12-29-20)14-9-10-16(27-2)17(11-14)28-3/h4-11,19-20H,12H2,1-3H3,(H,23,26)/t19-,20+/m1/s1. The number of nitrogens with one attached hydrogen (secondary N) is 1. The van der Waals surface area contributed by atoms with E-state index in [1.54, 1.807) is 25.0 Å². The van der Waals surface area contributed by atoms with Crippen molar-refractivity contribution in [1.29, 1.82) is 0 Å². The molecule has 1 fully saturated rings. The largest absolute Gasteiger partial charge is 0.493 e. The number of amides is 1. The van der Waals surface area contributed by atoms with Gasteiger partial charge in [0, 0.05) is 0 Å². The number of nitrogens with zero attached hydrogens (tertiary/aromatic N) is 3. The molecule has 4 rings (SSSR count). The number of rotatable bonds is 5. The van der Waals surface area contributed by atoms with E-state index in [-0.39, 0.29) is 12.5 Å². The summed E-state index contributed by atoms with van der Waals surface area (Å²) in [5.41, 5.74) is 1.69. The highest BCUT2D eigenvalue weighted by atomic mass is 16.5. The van der Waals surface area contributed by atoms with Gasteiger partial charge in [0.25, 0.3) is 0 Å². The Morgan fingerprint density at radius 1 is 1.10 bits per heavy atom. The SMILES string of the molecule is COc1ccc([C@H]2NC(=O)CO[C@@H]2c2nc(C)nn2-c2ccccc2)cc1OC. The van der Waals surface area contributed by atoms with Crippen molar-refractivity contribution in [3.05, 3.63) is 65.7 Å². The van der Waals surface area contributed by atoms with Crippen LogP contribution in [0.1, 0.15) is 29.4 Å². The molecule has 2 aromatic carbocycles. The van der Waals surface area contributed by atoms with Gasteiger partial charge in [0.05, 0.1) is 25.9 Å². The van der Waals surface area contributed by atoms with Gasteiger partial charge < -0.3 is 19.5 Å². The van der Waals surface area contributed by atoms with Gasteiger partial charge >= 0.3 is 0 Å². The summed E-state index contributed by atoms with van der Waals surface area (Å²) in [6.45, 7) is 1.78. The summed E-state index contributed by atoms with van der Waals surface area (Å²) in [5, 5.41) is 7.55. The van der Waals surface area contributed by atoms with E-state index in [1.807, 2.05) is 49.4 Å². The number of aryl methyl sites for hydroxylation is 1. The Balaban J connectivity index is 1.78. The molecule has 1 saturated heterocycles. The van der Waals surface area contributed by atoms with Crippen molar-refractivity contribution in [3.63, 3.8) is 0 Å². The summed E-state index contributed by atoms with van der Waals surface area (Å²) in [6.07, 6.45) is -0.521. The lowest BCUT2D eigenvalue weighted by atomic mass is 9.98. The molecule has 0 bridgehead atoms. The molecule has 1 aliphatic heterocycles. The average Bonchev–Trinajstić information content (AvgIpc) is 3.15. The number of hydrogen-bond acceptors (Lipinski definition) is 6. The molecule has 150 valence electrons. The first kappa shape index (κ1) is 18.9. The van der Waals surface area contributed by atoms with E-state index in [2.05, 4.69) is 15.4 Å². The number of ether oxygens (including phenoxy) is 3. The Morgan fingerprint density at radius 3 is 2.59 bits per heavy atom. The third-order valence-electron chi connectivity index (χ3n) is 4.77. The summed E-state index contributed by atoms with van der Waals surface area (Å²) in [4.78, 5) is 16.7. The van der Waals surface area contributed by atoms with E-state index in [1.165, 1.54) is 0 Å². The molecular weight excluding hydrogens is 372 g/mol. The summed E-state index contributed by atoms with van der Waals surface area (Å²) in [7, 11) is 3.15. The number of aromatic nitrogens is 3. The Kier molecular flexibility index (Phi) is 5.18. The molecule has 1 N–H and O–H groups in total. The highest BCUT2D eigenvalue weighted by Gasteiger charge is 2.36. The molecule has 29 heavy (non-hydrogen) atoms. The van der Waals surface area contributed by atoms with Gasteiger partial charge in [-0.2, -0.15) is 5.10 Å². The average molecular weight is 394 g/mol. The van der Waals surface area contributed by atoms with Crippen LogP contribution in [-0.4, -0.2) is 41.5 Å². The fourth-order valence-electron chi connectivity index (χ4n) is 3.46. The lowest BCUT2D eigenvalue weighted by Gasteiger charge is -2.32. The first-order valence-corrected chi connectivity index (χ1v) is 9.22. The van der Waals surface area contributed by atoms with Crippen molar-refractivity contribution in [2.75, 3.05) is 20.8 Å².